The maximum absolute atomic E-state index is 13.1. The van der Waals surface area contributed by atoms with Gasteiger partial charge in [-0.15, -0.1) is 11.3 Å². The van der Waals surface area contributed by atoms with Crippen LogP contribution in [0.3, 0.4) is 0 Å². The number of esters is 2. The van der Waals surface area contributed by atoms with Gasteiger partial charge >= 0.3 is 18.1 Å². The zero-order valence-electron chi connectivity index (χ0n) is 17.8. The molecule has 0 radical (unpaired) electrons. The van der Waals surface area contributed by atoms with Crippen LogP contribution in [-0.4, -0.2) is 40.3 Å². The molecule has 1 N–H and O–H groups in total. The van der Waals surface area contributed by atoms with E-state index in [0.717, 1.165) is 16.0 Å². The third-order valence-corrected chi connectivity index (χ3v) is 6.24. The van der Waals surface area contributed by atoms with Crippen molar-refractivity contribution < 1.29 is 37.0 Å². The first-order valence-corrected chi connectivity index (χ1v) is 11.0. The highest BCUT2D eigenvalue weighted by Crippen LogP contribution is 2.36. The third-order valence-electron chi connectivity index (χ3n) is 4.10. The lowest BCUT2D eigenvalue weighted by Gasteiger charge is -2.11. The summed E-state index contributed by atoms with van der Waals surface area (Å²) in [4.78, 5) is 37.5. The number of anilines is 1. The standard InChI is InChI=1S/C19H21BrF3N3O5S/c1-6-30-18(29)14-9(4)12(17(28)31-8(2)3)16(32-14)24-11(27)7-26-10(5)13(20)15(25-26)19(21,22)23/h8H,6-7H2,1-5H3,(H,24,27). The number of alkyl halides is 3. The van der Waals surface area contributed by atoms with Crippen LogP contribution in [0.5, 0.6) is 0 Å². The van der Waals surface area contributed by atoms with Gasteiger partial charge in [0, 0.05) is 0 Å². The molecule has 0 saturated heterocycles. The molecule has 1 amide bonds. The average Bonchev–Trinajstić information content (AvgIpc) is 3.12. The Bertz CT molecular complexity index is 1050. The topological polar surface area (TPSA) is 99.5 Å². The maximum atomic E-state index is 13.1. The molecule has 0 aromatic carbocycles. The summed E-state index contributed by atoms with van der Waals surface area (Å²) in [5.41, 5.74) is -0.803. The van der Waals surface area contributed by atoms with E-state index in [1.807, 2.05) is 0 Å². The average molecular weight is 540 g/mol. The Morgan fingerprint density at radius 3 is 2.34 bits per heavy atom. The summed E-state index contributed by atoms with van der Waals surface area (Å²) >= 11 is 3.66. The van der Waals surface area contributed by atoms with E-state index < -0.39 is 42.4 Å². The summed E-state index contributed by atoms with van der Waals surface area (Å²) in [6.07, 6.45) is -5.15. The van der Waals surface area contributed by atoms with Crippen molar-refractivity contribution in [3.05, 3.63) is 31.9 Å². The van der Waals surface area contributed by atoms with Gasteiger partial charge in [0.15, 0.2) is 5.69 Å². The van der Waals surface area contributed by atoms with Crippen molar-refractivity contribution >= 4 is 50.1 Å². The lowest BCUT2D eigenvalue weighted by Crippen LogP contribution is -2.22. The Balaban J connectivity index is 2.37. The van der Waals surface area contributed by atoms with Crippen molar-refractivity contribution in [3.63, 3.8) is 0 Å². The van der Waals surface area contributed by atoms with E-state index in [9.17, 15) is 27.6 Å². The van der Waals surface area contributed by atoms with Crippen LogP contribution in [0.2, 0.25) is 0 Å². The van der Waals surface area contributed by atoms with E-state index >= 15 is 0 Å². The van der Waals surface area contributed by atoms with Crippen LogP contribution in [0.25, 0.3) is 0 Å². The highest BCUT2D eigenvalue weighted by atomic mass is 79.9. The molecule has 176 valence electrons. The largest absolute Gasteiger partial charge is 0.462 e. The Morgan fingerprint density at radius 2 is 1.84 bits per heavy atom. The van der Waals surface area contributed by atoms with Gasteiger partial charge in [-0.3, -0.25) is 9.48 Å². The van der Waals surface area contributed by atoms with Gasteiger partial charge in [0.1, 0.15) is 16.4 Å². The number of hydrogen-bond acceptors (Lipinski definition) is 7. The first-order valence-electron chi connectivity index (χ1n) is 9.39. The second-order valence-corrected chi connectivity index (χ2v) is 8.70. The zero-order valence-corrected chi connectivity index (χ0v) is 20.2. The third kappa shape index (κ3) is 5.68. The van der Waals surface area contributed by atoms with E-state index in [2.05, 4.69) is 26.3 Å². The maximum Gasteiger partial charge on any atom is 0.436 e. The van der Waals surface area contributed by atoms with Crippen molar-refractivity contribution in [2.75, 3.05) is 11.9 Å². The van der Waals surface area contributed by atoms with Crippen molar-refractivity contribution in [2.45, 2.75) is 53.4 Å². The molecule has 0 aliphatic rings. The Morgan fingerprint density at radius 1 is 1.22 bits per heavy atom. The highest BCUT2D eigenvalue weighted by molar-refractivity contribution is 9.10. The number of nitrogens with zero attached hydrogens (tertiary/aromatic N) is 2. The summed E-state index contributed by atoms with van der Waals surface area (Å²) in [7, 11) is 0. The second-order valence-electron chi connectivity index (χ2n) is 6.89. The number of ether oxygens (including phenoxy) is 2. The number of hydrogen-bond donors (Lipinski definition) is 1. The summed E-state index contributed by atoms with van der Waals surface area (Å²) < 4.78 is 50.0. The van der Waals surface area contributed by atoms with Crippen LogP contribution >= 0.6 is 27.3 Å². The van der Waals surface area contributed by atoms with Gasteiger partial charge in [0.05, 0.1) is 28.4 Å². The van der Waals surface area contributed by atoms with Crippen molar-refractivity contribution in [3.8, 4) is 0 Å². The van der Waals surface area contributed by atoms with Gasteiger partial charge in [0.25, 0.3) is 0 Å². The molecular formula is C19H21BrF3N3O5S. The number of thiophene rings is 1. The summed E-state index contributed by atoms with van der Waals surface area (Å²) in [5.74, 6) is -2.17. The van der Waals surface area contributed by atoms with Crippen molar-refractivity contribution in [1.29, 1.82) is 0 Å². The quantitative estimate of drug-likeness (QED) is 0.511. The summed E-state index contributed by atoms with van der Waals surface area (Å²) in [5, 5.41) is 5.96. The van der Waals surface area contributed by atoms with E-state index in [4.69, 9.17) is 9.47 Å². The first kappa shape index (κ1) is 25.8. The Hall–Kier alpha value is -2.41. The van der Waals surface area contributed by atoms with Gasteiger partial charge in [-0.1, -0.05) is 0 Å². The van der Waals surface area contributed by atoms with Crippen molar-refractivity contribution in [2.24, 2.45) is 0 Å². The van der Waals surface area contributed by atoms with Crippen LogP contribution < -0.4 is 5.32 Å². The molecule has 0 spiro atoms. The molecule has 0 aliphatic heterocycles. The fourth-order valence-corrected chi connectivity index (χ4v) is 4.29. The molecule has 0 bridgehead atoms. The van der Waals surface area contributed by atoms with Gasteiger partial charge in [-0.05, 0) is 56.1 Å². The first-order chi connectivity index (χ1) is 14.8. The normalized spacial score (nSPS) is 11.6. The molecule has 2 heterocycles. The molecule has 0 saturated carbocycles. The molecule has 13 heteroatoms. The highest BCUT2D eigenvalue weighted by Gasteiger charge is 2.38. The number of amides is 1. The van der Waals surface area contributed by atoms with E-state index in [0.29, 0.717) is 0 Å². The van der Waals surface area contributed by atoms with Crippen LogP contribution in [-0.2, 0) is 27.0 Å². The molecule has 2 rings (SSSR count). The predicted octanol–water partition coefficient (Wildman–Crippen LogP) is 4.72. The number of carbonyl (C=O) groups excluding carboxylic acids is 3. The molecule has 2 aromatic rings. The fourth-order valence-electron chi connectivity index (χ4n) is 2.67. The molecule has 0 aliphatic carbocycles. The predicted molar refractivity (Wildman–Crippen MR) is 114 cm³/mol. The molecule has 0 unspecified atom stereocenters. The minimum Gasteiger partial charge on any atom is -0.462 e. The molecule has 0 atom stereocenters. The minimum atomic E-state index is -4.70. The SMILES string of the molecule is CCOC(=O)c1sc(NC(=O)Cn2nc(C(F)(F)F)c(Br)c2C)c(C(=O)OC(C)C)c1C. The second kappa shape index (κ2) is 10.0. The summed E-state index contributed by atoms with van der Waals surface area (Å²) in [6.45, 7) is 7.35. The van der Waals surface area contributed by atoms with Gasteiger partial charge in [-0.2, -0.15) is 18.3 Å². The smallest absolute Gasteiger partial charge is 0.436 e. The molecule has 8 nitrogen and oxygen atoms in total. The lowest BCUT2D eigenvalue weighted by molar-refractivity contribution is -0.142. The van der Waals surface area contributed by atoms with E-state index in [1.54, 1.807) is 20.8 Å². The van der Waals surface area contributed by atoms with Crippen LogP contribution in [0.4, 0.5) is 18.2 Å². The lowest BCUT2D eigenvalue weighted by atomic mass is 10.1. The van der Waals surface area contributed by atoms with Gasteiger partial charge < -0.3 is 14.8 Å². The summed E-state index contributed by atoms with van der Waals surface area (Å²) in [6, 6.07) is 0. The number of aromatic nitrogens is 2. The molecule has 0 fully saturated rings. The molecule has 32 heavy (non-hydrogen) atoms. The molecule has 2 aromatic heterocycles. The van der Waals surface area contributed by atoms with E-state index in [-0.39, 0.29) is 37.8 Å². The van der Waals surface area contributed by atoms with Crippen LogP contribution in [0, 0.1) is 13.8 Å². The fraction of sp³-hybridized carbons (Fsp3) is 0.474. The monoisotopic (exact) mass is 539 g/mol. The number of halogens is 4. The Kier molecular flexibility index (Phi) is 8.10. The number of rotatable bonds is 7. The zero-order chi connectivity index (χ0) is 24.4. The Labute approximate surface area is 194 Å². The minimum absolute atomic E-state index is 0.0190. The van der Waals surface area contributed by atoms with Gasteiger partial charge in [-0.25, -0.2) is 9.59 Å². The number of carbonyl (C=O) groups is 3. The van der Waals surface area contributed by atoms with Crippen LogP contribution in [0.15, 0.2) is 4.47 Å². The van der Waals surface area contributed by atoms with Crippen molar-refractivity contribution in [1.82, 2.24) is 9.78 Å². The molecular weight excluding hydrogens is 519 g/mol. The van der Waals surface area contributed by atoms with E-state index in [1.165, 1.54) is 13.8 Å². The van der Waals surface area contributed by atoms with Crippen LogP contribution in [0.1, 0.15) is 57.8 Å². The number of nitrogens with one attached hydrogen (secondary N) is 1. The van der Waals surface area contributed by atoms with Gasteiger partial charge in [0.2, 0.25) is 5.91 Å².